The second-order valence-corrected chi connectivity index (χ2v) is 19.1. The van der Waals surface area contributed by atoms with E-state index in [0.717, 1.165) is 6.92 Å². The quantitative estimate of drug-likeness (QED) is 0.0218. The lowest BCUT2D eigenvalue weighted by atomic mass is 10.0. The number of primary amides is 1. The summed E-state index contributed by atoms with van der Waals surface area (Å²) in [6.45, 7) is 6.45. The highest BCUT2D eigenvalue weighted by Gasteiger charge is 2.37. The molecular weight excluding hydrogens is 1030 g/mol. The maximum atomic E-state index is 14.4. The highest BCUT2D eigenvalue weighted by atomic mass is 16.4. The monoisotopic (exact) mass is 1110 g/mol. The van der Waals surface area contributed by atoms with Gasteiger partial charge in [-0.3, -0.25) is 62.9 Å². The SMILES string of the molecule is CC(C)C[C@H](NC(=O)[C@H](CC(=O)NC=O)NC(=O)[C@H](Cc1ccc(O)cc1)NC(=O)[C@H](CCCCN)NC(=O)[C@H](CCC(N)=O)NC(=O)[C@@H](N)CCC(=O)O)C(=O)N[C@H](C(=O)N[C@@H](CO)C(=O)N[C@H](C(=O)O)C(C)C)[C@@H](C)O. The Balaban J connectivity index is 3.68. The topological polar surface area (TPSA) is 509 Å². The van der Waals surface area contributed by atoms with Gasteiger partial charge in [-0.15, -0.1) is 0 Å². The van der Waals surface area contributed by atoms with Crippen molar-refractivity contribution < 1.29 is 87.9 Å². The molecule has 20 N–H and O–H groups in total. The maximum Gasteiger partial charge on any atom is 0.326 e. The Kier molecular flexibility index (Phi) is 30.4. The average Bonchev–Trinajstić information content (AvgIpc) is 3.35. The van der Waals surface area contributed by atoms with E-state index in [-0.39, 0.29) is 57.2 Å². The van der Waals surface area contributed by atoms with Crippen LogP contribution in [-0.4, -0.2) is 177 Å². The van der Waals surface area contributed by atoms with E-state index in [1.165, 1.54) is 38.1 Å². The lowest BCUT2D eigenvalue weighted by Crippen LogP contribution is -2.62. The number of phenolic OH excluding ortho intramolecular Hbond substituents is 1. The molecule has 0 aliphatic heterocycles. The zero-order valence-corrected chi connectivity index (χ0v) is 44.1. The molecule has 10 atom stereocenters. The first kappa shape index (κ1) is 68.2. The van der Waals surface area contributed by atoms with Crippen LogP contribution in [-0.2, 0) is 68.7 Å². The molecule has 1 rings (SSSR count). The van der Waals surface area contributed by atoms with E-state index in [2.05, 4.69) is 42.5 Å². The Morgan fingerprint density at radius 3 is 1.59 bits per heavy atom. The van der Waals surface area contributed by atoms with Crippen LogP contribution in [0.15, 0.2) is 24.3 Å². The van der Waals surface area contributed by atoms with Crippen LogP contribution in [0.3, 0.4) is 0 Å². The van der Waals surface area contributed by atoms with Gasteiger partial charge in [-0.1, -0.05) is 39.8 Å². The first-order valence-electron chi connectivity index (χ1n) is 25.0. The number of imide groups is 1. The van der Waals surface area contributed by atoms with Crippen molar-refractivity contribution in [3.05, 3.63) is 29.8 Å². The number of carbonyl (C=O) groups excluding carboxylic acids is 11. The molecule has 0 spiro atoms. The predicted octanol–water partition coefficient (Wildman–Crippen LogP) is -5.78. The van der Waals surface area contributed by atoms with Crippen LogP contribution in [0.1, 0.15) is 98.0 Å². The van der Waals surface area contributed by atoms with E-state index < -0.39 is 169 Å². The average molecular weight is 1110 g/mol. The van der Waals surface area contributed by atoms with Crippen LogP contribution in [0, 0.1) is 11.8 Å². The molecule has 11 amide bonds. The molecule has 0 saturated carbocycles. The second kappa shape index (κ2) is 34.8. The highest BCUT2D eigenvalue weighted by molar-refractivity contribution is 6.00. The standard InChI is InChI=1S/C48H76N12O18/c1-23(2)18-31(45(74)60-39(25(5)63)47(76)58-34(21-61)46(75)59-38(24(3)4)48(77)78)55-44(73)33(20-36(66)52-22-62)57-43(72)32(19-26-9-11-27(64)12-10-26)56-41(70)29(8-6-7-17-49)54-42(71)30(14-15-35(51)65)53-40(69)28(50)13-16-37(67)68/h9-12,22-25,28-34,38-39,61,63-64H,6-8,13-21,49-50H2,1-5H3,(H2,51,65)(H,53,69)(H,54,71)(H,55,73)(H,56,70)(H,57,72)(H,58,76)(H,59,75)(H,60,74)(H,67,68)(H,77,78)(H,52,62,66)/t25-,28+,29+,30+,31+,32+,33+,34+,38+,39+/m1/s1. The smallest absolute Gasteiger partial charge is 0.326 e. The number of carbonyl (C=O) groups is 13. The molecular formula is C48H76N12O18. The van der Waals surface area contributed by atoms with Gasteiger partial charge in [-0.2, -0.15) is 0 Å². The molecule has 0 saturated heterocycles. The number of hydrogen-bond donors (Lipinski definition) is 17. The van der Waals surface area contributed by atoms with Crippen molar-refractivity contribution in [1.82, 2.24) is 47.9 Å². The minimum Gasteiger partial charge on any atom is -0.508 e. The number of amides is 11. The lowest BCUT2D eigenvalue weighted by Gasteiger charge is -2.29. The van der Waals surface area contributed by atoms with Crippen molar-refractivity contribution in [3.63, 3.8) is 0 Å². The van der Waals surface area contributed by atoms with Crippen molar-refractivity contribution >= 4 is 77.4 Å². The molecule has 30 heteroatoms. The van der Waals surface area contributed by atoms with E-state index in [1.54, 1.807) is 13.8 Å². The Labute approximate surface area is 449 Å². The second-order valence-electron chi connectivity index (χ2n) is 19.1. The fourth-order valence-corrected chi connectivity index (χ4v) is 7.28. The summed E-state index contributed by atoms with van der Waals surface area (Å²) in [5, 5.41) is 69.5. The summed E-state index contributed by atoms with van der Waals surface area (Å²) < 4.78 is 0. The molecule has 0 radical (unpaired) electrons. The largest absolute Gasteiger partial charge is 0.508 e. The van der Waals surface area contributed by atoms with Gasteiger partial charge in [0.05, 0.1) is 25.2 Å². The molecule has 0 bridgehead atoms. The maximum absolute atomic E-state index is 14.4. The Morgan fingerprint density at radius 2 is 1.08 bits per heavy atom. The van der Waals surface area contributed by atoms with Crippen LogP contribution in [0.4, 0.5) is 0 Å². The molecule has 0 unspecified atom stereocenters. The van der Waals surface area contributed by atoms with Crippen LogP contribution in [0.25, 0.3) is 0 Å². The Bertz CT molecular complexity index is 2250. The lowest BCUT2D eigenvalue weighted by molar-refractivity contribution is -0.144. The van der Waals surface area contributed by atoms with Gasteiger partial charge in [0.2, 0.25) is 65.5 Å². The predicted molar refractivity (Wildman–Crippen MR) is 273 cm³/mol. The fraction of sp³-hybridized carbons (Fsp3) is 0.604. The molecule has 0 aromatic heterocycles. The Hall–Kier alpha value is -7.83. The van der Waals surface area contributed by atoms with Gasteiger partial charge >= 0.3 is 11.9 Å². The number of unbranched alkanes of at least 4 members (excludes halogenated alkanes) is 1. The first-order chi connectivity index (χ1) is 36.5. The number of carboxylic acids is 2. The number of aromatic hydroxyl groups is 1. The number of aliphatic carboxylic acids is 2. The highest BCUT2D eigenvalue weighted by Crippen LogP contribution is 2.14. The summed E-state index contributed by atoms with van der Waals surface area (Å²) in [6, 6.07) is -9.47. The number of nitrogens with one attached hydrogen (secondary N) is 9. The van der Waals surface area contributed by atoms with Gasteiger partial charge in [0, 0.05) is 19.3 Å². The van der Waals surface area contributed by atoms with E-state index in [0.29, 0.717) is 12.0 Å². The normalized spacial score (nSPS) is 14.9. The number of carboxylic acid groups (broad SMARTS) is 2. The number of benzene rings is 1. The number of nitrogens with two attached hydrogens (primary N) is 3. The van der Waals surface area contributed by atoms with Gasteiger partial charge in [-0.05, 0) is 81.5 Å². The summed E-state index contributed by atoms with van der Waals surface area (Å²) in [6.07, 6.45) is -4.50. The van der Waals surface area contributed by atoms with Crippen LogP contribution < -0.4 is 65.1 Å². The molecule has 0 aliphatic carbocycles. The number of phenols is 1. The van der Waals surface area contributed by atoms with Gasteiger partial charge in [0.15, 0.2) is 0 Å². The summed E-state index contributed by atoms with van der Waals surface area (Å²) in [5.74, 6) is -14.7. The van der Waals surface area contributed by atoms with E-state index in [9.17, 15) is 82.8 Å². The van der Waals surface area contributed by atoms with Gasteiger partial charge in [0.1, 0.15) is 54.1 Å². The van der Waals surface area contributed by atoms with Gasteiger partial charge in [-0.25, -0.2) is 4.79 Å². The van der Waals surface area contributed by atoms with Crippen LogP contribution in [0.2, 0.25) is 0 Å². The van der Waals surface area contributed by atoms with Gasteiger partial charge < -0.3 is 85.3 Å². The van der Waals surface area contributed by atoms with E-state index >= 15 is 0 Å². The first-order valence-corrected chi connectivity index (χ1v) is 25.0. The summed E-state index contributed by atoms with van der Waals surface area (Å²) >= 11 is 0. The molecule has 436 valence electrons. The molecule has 1 aromatic rings. The molecule has 78 heavy (non-hydrogen) atoms. The van der Waals surface area contributed by atoms with E-state index in [4.69, 9.17) is 22.3 Å². The summed E-state index contributed by atoms with van der Waals surface area (Å²) in [7, 11) is 0. The molecule has 30 nitrogen and oxygen atoms in total. The zero-order chi connectivity index (χ0) is 59.4. The van der Waals surface area contributed by atoms with Crippen molar-refractivity contribution in [3.8, 4) is 5.75 Å². The third-order valence-corrected chi connectivity index (χ3v) is 11.6. The third kappa shape index (κ3) is 25.3. The van der Waals surface area contributed by atoms with Crippen LogP contribution >= 0.6 is 0 Å². The van der Waals surface area contributed by atoms with E-state index in [1.807, 2.05) is 5.32 Å². The number of hydrogen-bond acceptors (Lipinski definition) is 18. The molecule has 1 aromatic carbocycles. The van der Waals surface area contributed by atoms with Crippen molar-refractivity contribution in [2.75, 3.05) is 13.2 Å². The Morgan fingerprint density at radius 1 is 0.590 bits per heavy atom. The van der Waals surface area contributed by atoms with Crippen molar-refractivity contribution in [1.29, 1.82) is 0 Å². The minimum atomic E-state index is -1.95. The van der Waals surface area contributed by atoms with Gasteiger partial charge in [0.25, 0.3) is 0 Å². The van der Waals surface area contributed by atoms with Crippen molar-refractivity contribution in [2.45, 2.75) is 159 Å². The minimum absolute atomic E-state index is 0.0141. The van der Waals surface area contributed by atoms with Crippen LogP contribution in [0.5, 0.6) is 5.75 Å². The number of aliphatic hydroxyl groups excluding tert-OH is 2. The number of aliphatic hydroxyl groups is 2. The van der Waals surface area contributed by atoms with Crippen molar-refractivity contribution in [2.24, 2.45) is 29.0 Å². The molecule has 0 aliphatic rings. The molecule has 0 fully saturated rings. The third-order valence-electron chi connectivity index (χ3n) is 11.6. The summed E-state index contributed by atoms with van der Waals surface area (Å²) in [5.41, 5.74) is 17.1. The number of rotatable bonds is 37. The zero-order valence-electron chi connectivity index (χ0n) is 44.1. The molecule has 0 heterocycles. The summed E-state index contributed by atoms with van der Waals surface area (Å²) in [4.78, 5) is 168. The fourth-order valence-electron chi connectivity index (χ4n) is 7.28.